The van der Waals surface area contributed by atoms with Crippen LogP contribution in [0.2, 0.25) is 0 Å². The molecule has 5 nitrogen and oxygen atoms in total. The number of thiophene rings is 1. The normalized spacial score (nSPS) is 19.0. The van der Waals surface area contributed by atoms with E-state index in [1.807, 2.05) is 18.4 Å². The monoisotopic (exact) mass is 449 g/mol. The molecule has 2 aliphatic rings. The molecule has 2 heterocycles. The van der Waals surface area contributed by atoms with Crippen LogP contribution >= 0.6 is 35.3 Å². The maximum atomic E-state index is 4.45. The number of nitrogens with one attached hydrogen (secondary N) is 1. The van der Waals surface area contributed by atoms with Crippen molar-refractivity contribution in [3.63, 3.8) is 0 Å². The van der Waals surface area contributed by atoms with Crippen LogP contribution in [0.5, 0.6) is 0 Å². The lowest BCUT2D eigenvalue weighted by Crippen LogP contribution is -2.53. The van der Waals surface area contributed by atoms with Crippen LogP contribution in [0.1, 0.15) is 12.8 Å². The molecule has 1 saturated carbocycles. The Bertz CT molecular complexity index is 481. The van der Waals surface area contributed by atoms with E-state index in [4.69, 9.17) is 0 Å². The lowest BCUT2D eigenvalue weighted by atomic mass is 10.3. The lowest BCUT2D eigenvalue weighted by Gasteiger charge is -2.37. The second-order valence-electron chi connectivity index (χ2n) is 6.11. The van der Waals surface area contributed by atoms with E-state index in [0.717, 1.165) is 51.3 Å². The second-order valence-corrected chi connectivity index (χ2v) is 7.04. The molecule has 0 amide bonds. The van der Waals surface area contributed by atoms with Gasteiger partial charge in [-0.1, -0.05) is 0 Å². The predicted octanol–water partition coefficient (Wildman–Crippen LogP) is 2.16. The quantitative estimate of drug-likeness (QED) is 0.425. The first-order valence-electron chi connectivity index (χ1n) is 8.22. The Hall–Kier alpha value is -0.540. The van der Waals surface area contributed by atoms with Crippen molar-refractivity contribution in [2.75, 3.05) is 58.3 Å². The molecule has 0 atom stereocenters. The van der Waals surface area contributed by atoms with Gasteiger partial charge in [0.15, 0.2) is 5.96 Å². The largest absolute Gasteiger partial charge is 0.360 e. The minimum atomic E-state index is 0. The first kappa shape index (κ1) is 18.8. The average molecular weight is 449 g/mol. The molecule has 1 aromatic rings. The molecule has 1 N–H and O–H groups in total. The van der Waals surface area contributed by atoms with Gasteiger partial charge in [0, 0.05) is 52.4 Å². The molecule has 1 saturated heterocycles. The minimum Gasteiger partial charge on any atom is -0.360 e. The van der Waals surface area contributed by atoms with Crippen LogP contribution in [-0.4, -0.2) is 75.2 Å². The summed E-state index contributed by atoms with van der Waals surface area (Å²) >= 11 is 1.83. The van der Waals surface area contributed by atoms with Gasteiger partial charge in [-0.25, -0.2) is 0 Å². The van der Waals surface area contributed by atoms with Crippen molar-refractivity contribution >= 4 is 46.3 Å². The molecule has 130 valence electrons. The Labute approximate surface area is 160 Å². The van der Waals surface area contributed by atoms with E-state index in [2.05, 4.69) is 49.6 Å². The lowest BCUT2D eigenvalue weighted by molar-refractivity contribution is 0.322. The molecule has 23 heavy (non-hydrogen) atoms. The molecule has 0 unspecified atom stereocenters. The molecule has 0 spiro atoms. The predicted molar refractivity (Wildman–Crippen MR) is 111 cm³/mol. The third-order valence-corrected chi connectivity index (χ3v) is 5.46. The Morgan fingerprint density at radius 2 is 2.09 bits per heavy atom. The zero-order chi connectivity index (χ0) is 15.4. The Kier molecular flexibility index (Phi) is 7.42. The summed E-state index contributed by atoms with van der Waals surface area (Å²) in [5.41, 5.74) is 0. The van der Waals surface area contributed by atoms with Crippen molar-refractivity contribution in [1.82, 2.24) is 15.1 Å². The van der Waals surface area contributed by atoms with Crippen molar-refractivity contribution < 1.29 is 0 Å². The third kappa shape index (κ3) is 5.22. The molecule has 2 fully saturated rings. The van der Waals surface area contributed by atoms with E-state index in [0.29, 0.717) is 0 Å². The van der Waals surface area contributed by atoms with Gasteiger partial charge >= 0.3 is 0 Å². The number of likely N-dealkylation sites (N-methyl/N-ethyl adjacent to an activating group) is 1. The summed E-state index contributed by atoms with van der Waals surface area (Å²) in [5, 5.41) is 7.06. The van der Waals surface area contributed by atoms with Crippen LogP contribution in [0.25, 0.3) is 0 Å². The first-order chi connectivity index (χ1) is 10.8. The summed E-state index contributed by atoms with van der Waals surface area (Å²) in [4.78, 5) is 11.8. The molecule has 0 aromatic carbocycles. The number of rotatable bonds is 5. The van der Waals surface area contributed by atoms with Crippen LogP contribution in [0.15, 0.2) is 22.5 Å². The van der Waals surface area contributed by atoms with E-state index in [-0.39, 0.29) is 24.0 Å². The molecular formula is C16H28IN5S. The smallest absolute Gasteiger partial charge is 0.193 e. The number of halogens is 1. The second kappa shape index (κ2) is 9.08. The minimum absolute atomic E-state index is 0. The molecule has 3 rings (SSSR count). The zero-order valence-corrected chi connectivity index (χ0v) is 17.2. The molecule has 1 aromatic heterocycles. The third-order valence-electron chi connectivity index (χ3n) is 4.53. The van der Waals surface area contributed by atoms with Gasteiger partial charge in [-0.2, -0.15) is 0 Å². The van der Waals surface area contributed by atoms with E-state index < -0.39 is 0 Å². The highest BCUT2D eigenvalue weighted by atomic mass is 127. The topological polar surface area (TPSA) is 34.1 Å². The molecule has 7 heteroatoms. The van der Waals surface area contributed by atoms with Crippen molar-refractivity contribution in [2.45, 2.75) is 18.9 Å². The first-order valence-corrected chi connectivity index (χ1v) is 9.10. The molecule has 0 bridgehead atoms. The van der Waals surface area contributed by atoms with Gasteiger partial charge in [0.25, 0.3) is 0 Å². The van der Waals surface area contributed by atoms with Crippen LogP contribution in [0.3, 0.4) is 0 Å². The highest BCUT2D eigenvalue weighted by molar-refractivity contribution is 14.0. The van der Waals surface area contributed by atoms with Crippen LogP contribution in [-0.2, 0) is 0 Å². The summed E-state index contributed by atoms with van der Waals surface area (Å²) in [6, 6.07) is 5.17. The Morgan fingerprint density at radius 1 is 1.35 bits per heavy atom. The fourth-order valence-corrected chi connectivity index (χ4v) is 3.75. The number of aliphatic imine (C=N–C) groups is 1. The zero-order valence-electron chi connectivity index (χ0n) is 14.1. The molecule has 1 aliphatic carbocycles. The van der Waals surface area contributed by atoms with Gasteiger partial charge in [0.2, 0.25) is 0 Å². The SMILES string of the molecule is CN=C(NCCN(C)C1CC1)N1CCN(c2cccs2)CC1.I. The highest BCUT2D eigenvalue weighted by Gasteiger charge is 2.25. The molecular weight excluding hydrogens is 421 g/mol. The highest BCUT2D eigenvalue weighted by Crippen LogP contribution is 2.24. The van der Waals surface area contributed by atoms with Gasteiger partial charge in [-0.15, -0.1) is 35.3 Å². The number of nitrogens with zero attached hydrogens (tertiary/aromatic N) is 4. The van der Waals surface area contributed by atoms with E-state index in [1.165, 1.54) is 17.8 Å². The van der Waals surface area contributed by atoms with Gasteiger partial charge in [0.1, 0.15) is 0 Å². The van der Waals surface area contributed by atoms with Gasteiger partial charge in [0.05, 0.1) is 5.00 Å². The van der Waals surface area contributed by atoms with Crippen molar-refractivity contribution in [2.24, 2.45) is 4.99 Å². The fraction of sp³-hybridized carbons (Fsp3) is 0.688. The van der Waals surface area contributed by atoms with Crippen molar-refractivity contribution in [3.05, 3.63) is 17.5 Å². The summed E-state index contributed by atoms with van der Waals surface area (Å²) in [6.07, 6.45) is 2.74. The fourth-order valence-electron chi connectivity index (χ4n) is 2.96. The average Bonchev–Trinajstić information content (AvgIpc) is 3.27. The number of hydrogen-bond acceptors (Lipinski definition) is 4. The van der Waals surface area contributed by atoms with Crippen LogP contribution in [0.4, 0.5) is 5.00 Å². The summed E-state index contributed by atoms with van der Waals surface area (Å²) in [7, 11) is 4.11. The Balaban J connectivity index is 0.00000192. The molecule has 0 radical (unpaired) electrons. The van der Waals surface area contributed by atoms with Gasteiger partial charge in [-0.3, -0.25) is 4.99 Å². The number of hydrogen-bond donors (Lipinski definition) is 1. The van der Waals surface area contributed by atoms with Crippen LogP contribution in [0, 0.1) is 0 Å². The summed E-state index contributed by atoms with van der Waals surface area (Å²) < 4.78 is 0. The van der Waals surface area contributed by atoms with E-state index in [1.54, 1.807) is 0 Å². The van der Waals surface area contributed by atoms with Crippen molar-refractivity contribution in [3.8, 4) is 0 Å². The van der Waals surface area contributed by atoms with Crippen molar-refractivity contribution in [1.29, 1.82) is 0 Å². The summed E-state index contributed by atoms with van der Waals surface area (Å²) in [6.45, 7) is 6.29. The number of anilines is 1. The van der Waals surface area contributed by atoms with E-state index >= 15 is 0 Å². The van der Waals surface area contributed by atoms with E-state index in [9.17, 15) is 0 Å². The standard InChI is InChI=1S/C16H27N5S.HI/c1-17-16(18-7-8-19(2)14-5-6-14)21-11-9-20(10-12-21)15-4-3-13-22-15;/h3-4,13-14H,5-12H2,1-2H3,(H,17,18);1H. The number of piperazine rings is 1. The Morgan fingerprint density at radius 3 is 2.65 bits per heavy atom. The van der Waals surface area contributed by atoms with Crippen LogP contribution < -0.4 is 10.2 Å². The maximum Gasteiger partial charge on any atom is 0.193 e. The van der Waals surface area contributed by atoms with Gasteiger partial charge in [-0.05, 0) is 37.4 Å². The van der Waals surface area contributed by atoms with Gasteiger partial charge < -0.3 is 20.0 Å². The maximum absolute atomic E-state index is 4.45. The number of guanidine groups is 1. The molecule has 1 aliphatic heterocycles. The summed E-state index contributed by atoms with van der Waals surface area (Å²) in [5.74, 6) is 1.05.